The van der Waals surface area contributed by atoms with Gasteiger partial charge in [-0.3, -0.25) is 0 Å². The van der Waals surface area contributed by atoms with Gasteiger partial charge >= 0.3 is 5.97 Å². The Bertz CT molecular complexity index is 824. The van der Waals surface area contributed by atoms with Gasteiger partial charge in [0.25, 0.3) is 0 Å². The molecule has 1 fully saturated rings. The van der Waals surface area contributed by atoms with Crippen LogP contribution in [-0.2, 0) is 10.0 Å². The highest BCUT2D eigenvalue weighted by Gasteiger charge is 2.25. The first-order chi connectivity index (χ1) is 11.5. The van der Waals surface area contributed by atoms with E-state index in [0.29, 0.717) is 26.2 Å². The van der Waals surface area contributed by atoms with Crippen molar-refractivity contribution in [3.8, 4) is 11.1 Å². The van der Waals surface area contributed by atoms with E-state index in [4.69, 9.17) is 5.11 Å². The molecule has 0 aromatic heterocycles. The van der Waals surface area contributed by atoms with Crippen LogP contribution in [0.25, 0.3) is 11.1 Å². The number of piperazine rings is 1. The van der Waals surface area contributed by atoms with Crippen LogP contribution in [0.4, 0.5) is 0 Å². The molecule has 24 heavy (non-hydrogen) atoms. The molecule has 0 unspecified atom stereocenters. The third-order valence-electron chi connectivity index (χ3n) is 4.03. The van der Waals surface area contributed by atoms with Crippen molar-refractivity contribution in [1.29, 1.82) is 0 Å². The van der Waals surface area contributed by atoms with Gasteiger partial charge in [0.05, 0.1) is 10.5 Å². The van der Waals surface area contributed by atoms with Gasteiger partial charge in [-0.2, -0.15) is 4.31 Å². The van der Waals surface area contributed by atoms with Crippen LogP contribution in [0.5, 0.6) is 0 Å². The summed E-state index contributed by atoms with van der Waals surface area (Å²) in [5.41, 5.74) is 1.90. The zero-order valence-electron chi connectivity index (χ0n) is 13.0. The fraction of sp³-hybridized carbons (Fsp3) is 0.235. The summed E-state index contributed by atoms with van der Waals surface area (Å²) in [6.45, 7) is 2.27. The summed E-state index contributed by atoms with van der Waals surface area (Å²) in [6.07, 6.45) is 0. The lowest BCUT2D eigenvalue weighted by atomic mass is 10.0. The molecule has 7 heteroatoms. The van der Waals surface area contributed by atoms with E-state index in [0.717, 1.165) is 11.1 Å². The van der Waals surface area contributed by atoms with Crippen LogP contribution in [0.2, 0.25) is 0 Å². The molecular weight excluding hydrogens is 328 g/mol. The maximum absolute atomic E-state index is 12.6. The summed E-state index contributed by atoms with van der Waals surface area (Å²) < 4.78 is 26.7. The topological polar surface area (TPSA) is 86.7 Å². The second kappa shape index (κ2) is 6.72. The van der Waals surface area contributed by atoms with Crippen LogP contribution >= 0.6 is 0 Å². The summed E-state index contributed by atoms with van der Waals surface area (Å²) in [4.78, 5) is 11.2. The average Bonchev–Trinajstić information content (AvgIpc) is 2.62. The van der Waals surface area contributed by atoms with Gasteiger partial charge in [-0.05, 0) is 35.4 Å². The number of nitrogens with one attached hydrogen (secondary N) is 1. The molecule has 0 amide bonds. The van der Waals surface area contributed by atoms with E-state index in [2.05, 4.69) is 5.32 Å². The van der Waals surface area contributed by atoms with Crippen molar-refractivity contribution in [2.24, 2.45) is 0 Å². The van der Waals surface area contributed by atoms with Crippen molar-refractivity contribution in [3.63, 3.8) is 0 Å². The summed E-state index contributed by atoms with van der Waals surface area (Å²) in [5, 5.41) is 12.1. The van der Waals surface area contributed by atoms with Crippen molar-refractivity contribution < 1.29 is 18.3 Å². The Morgan fingerprint density at radius 1 is 0.917 bits per heavy atom. The van der Waals surface area contributed by atoms with Gasteiger partial charge in [-0.25, -0.2) is 13.2 Å². The molecule has 1 heterocycles. The standard InChI is InChI=1S/C17H18N2O4S/c20-17(21)15-3-1-13(2-4-15)14-5-7-16(8-6-14)24(22,23)19-11-9-18-10-12-19/h1-8,18H,9-12H2,(H,20,21). The van der Waals surface area contributed by atoms with Crippen LogP contribution in [0.1, 0.15) is 10.4 Å². The highest BCUT2D eigenvalue weighted by molar-refractivity contribution is 7.89. The number of carboxylic acid groups (broad SMARTS) is 1. The van der Waals surface area contributed by atoms with Gasteiger partial charge in [-0.15, -0.1) is 0 Å². The second-order valence-electron chi connectivity index (χ2n) is 5.56. The first-order valence-electron chi connectivity index (χ1n) is 7.63. The number of nitrogens with zero attached hydrogens (tertiary/aromatic N) is 1. The number of hydrogen-bond acceptors (Lipinski definition) is 4. The number of carboxylic acids is 1. The number of hydrogen-bond donors (Lipinski definition) is 2. The predicted molar refractivity (Wildman–Crippen MR) is 90.5 cm³/mol. The highest BCUT2D eigenvalue weighted by atomic mass is 32.2. The number of aromatic carboxylic acids is 1. The first kappa shape index (κ1) is 16.6. The maximum atomic E-state index is 12.6. The molecular formula is C17H18N2O4S. The molecule has 0 aliphatic carbocycles. The molecule has 1 saturated heterocycles. The molecule has 3 rings (SSSR count). The van der Waals surface area contributed by atoms with Crippen LogP contribution in [0, 0.1) is 0 Å². The van der Waals surface area contributed by atoms with E-state index in [1.165, 1.54) is 16.4 Å². The zero-order chi connectivity index (χ0) is 17.2. The van der Waals surface area contributed by atoms with E-state index in [1.807, 2.05) is 0 Å². The van der Waals surface area contributed by atoms with E-state index < -0.39 is 16.0 Å². The second-order valence-corrected chi connectivity index (χ2v) is 7.50. The zero-order valence-corrected chi connectivity index (χ0v) is 13.8. The first-order valence-corrected chi connectivity index (χ1v) is 9.07. The normalized spacial score (nSPS) is 16.0. The van der Waals surface area contributed by atoms with Gasteiger partial charge in [0.1, 0.15) is 0 Å². The van der Waals surface area contributed by atoms with Gasteiger partial charge < -0.3 is 10.4 Å². The third-order valence-corrected chi connectivity index (χ3v) is 5.95. The molecule has 2 N–H and O–H groups in total. The molecule has 0 radical (unpaired) electrons. The van der Waals surface area contributed by atoms with E-state index in [1.54, 1.807) is 36.4 Å². The van der Waals surface area contributed by atoms with E-state index in [9.17, 15) is 13.2 Å². The number of benzene rings is 2. The van der Waals surface area contributed by atoms with E-state index >= 15 is 0 Å². The summed E-state index contributed by atoms with van der Waals surface area (Å²) >= 11 is 0. The lowest BCUT2D eigenvalue weighted by molar-refractivity contribution is 0.0697. The van der Waals surface area contributed by atoms with Gasteiger partial charge in [0.15, 0.2) is 0 Å². The third kappa shape index (κ3) is 3.33. The van der Waals surface area contributed by atoms with Crippen molar-refractivity contribution in [2.45, 2.75) is 4.90 Å². The molecule has 2 aromatic carbocycles. The lowest BCUT2D eigenvalue weighted by Crippen LogP contribution is -2.46. The molecule has 0 bridgehead atoms. The monoisotopic (exact) mass is 346 g/mol. The van der Waals surface area contributed by atoms with Crippen molar-refractivity contribution in [2.75, 3.05) is 26.2 Å². The highest BCUT2D eigenvalue weighted by Crippen LogP contribution is 2.23. The Balaban J connectivity index is 1.83. The van der Waals surface area contributed by atoms with E-state index in [-0.39, 0.29) is 10.5 Å². The molecule has 126 valence electrons. The minimum atomic E-state index is -3.46. The van der Waals surface area contributed by atoms with Gasteiger partial charge in [0, 0.05) is 26.2 Å². The summed E-state index contributed by atoms with van der Waals surface area (Å²) in [6, 6.07) is 13.2. The average molecular weight is 346 g/mol. The molecule has 0 spiro atoms. The SMILES string of the molecule is O=C(O)c1ccc(-c2ccc(S(=O)(=O)N3CCNCC3)cc2)cc1. The summed E-state index contributed by atoms with van der Waals surface area (Å²) in [7, 11) is -3.46. The number of sulfonamides is 1. The largest absolute Gasteiger partial charge is 0.478 e. The smallest absolute Gasteiger partial charge is 0.335 e. The minimum absolute atomic E-state index is 0.219. The van der Waals surface area contributed by atoms with Crippen LogP contribution in [0.3, 0.4) is 0 Å². The Labute approximate surface area is 140 Å². The Morgan fingerprint density at radius 2 is 1.42 bits per heavy atom. The predicted octanol–water partition coefficient (Wildman–Crippen LogP) is 1.65. The quantitative estimate of drug-likeness (QED) is 0.879. The number of rotatable bonds is 4. The van der Waals surface area contributed by atoms with Gasteiger partial charge in [-0.1, -0.05) is 24.3 Å². The fourth-order valence-electron chi connectivity index (χ4n) is 2.66. The molecule has 1 aliphatic rings. The molecule has 0 saturated carbocycles. The molecule has 1 aliphatic heterocycles. The lowest BCUT2D eigenvalue weighted by Gasteiger charge is -2.26. The Hall–Kier alpha value is -2.22. The van der Waals surface area contributed by atoms with Crippen LogP contribution in [-0.4, -0.2) is 50.0 Å². The van der Waals surface area contributed by atoms with Crippen molar-refractivity contribution >= 4 is 16.0 Å². The minimum Gasteiger partial charge on any atom is -0.478 e. The summed E-state index contributed by atoms with van der Waals surface area (Å²) in [5.74, 6) is -0.973. The Morgan fingerprint density at radius 3 is 1.92 bits per heavy atom. The van der Waals surface area contributed by atoms with Crippen LogP contribution in [0.15, 0.2) is 53.4 Å². The molecule has 2 aromatic rings. The fourth-order valence-corrected chi connectivity index (χ4v) is 4.10. The maximum Gasteiger partial charge on any atom is 0.335 e. The number of carbonyl (C=O) groups is 1. The van der Waals surface area contributed by atoms with Crippen LogP contribution < -0.4 is 5.32 Å². The van der Waals surface area contributed by atoms with Gasteiger partial charge in [0.2, 0.25) is 10.0 Å². The Kier molecular flexibility index (Phi) is 4.66. The van der Waals surface area contributed by atoms with Crippen molar-refractivity contribution in [1.82, 2.24) is 9.62 Å². The molecule has 0 atom stereocenters. The molecule has 6 nitrogen and oxygen atoms in total. The van der Waals surface area contributed by atoms with Crippen molar-refractivity contribution in [3.05, 3.63) is 54.1 Å².